The van der Waals surface area contributed by atoms with E-state index < -0.39 is 5.97 Å². The Hall–Kier alpha value is -1.26. The second-order valence-electron chi connectivity index (χ2n) is 6.21. The fraction of sp³-hybridized carbons (Fsp3) is 0.875. The third-order valence-corrected chi connectivity index (χ3v) is 4.69. The summed E-state index contributed by atoms with van der Waals surface area (Å²) in [5.74, 6) is 0.566. The minimum absolute atomic E-state index is 0.0110. The molecule has 0 radical (unpaired) electrons. The van der Waals surface area contributed by atoms with Gasteiger partial charge in [0.05, 0.1) is 6.42 Å². The number of carbonyl (C=O) groups is 2. The van der Waals surface area contributed by atoms with E-state index in [9.17, 15) is 9.59 Å². The van der Waals surface area contributed by atoms with Crippen molar-refractivity contribution in [1.82, 2.24) is 10.2 Å². The average molecular weight is 298 g/mol. The van der Waals surface area contributed by atoms with Crippen molar-refractivity contribution in [3.8, 4) is 0 Å². The number of hydrogen-bond donors (Lipinski definition) is 2. The van der Waals surface area contributed by atoms with Crippen LogP contribution in [0.3, 0.4) is 0 Å². The first-order valence-corrected chi connectivity index (χ1v) is 8.24. The predicted octanol–water partition coefficient (Wildman–Crippen LogP) is 3.10. The highest BCUT2D eigenvalue weighted by Crippen LogP contribution is 2.30. The van der Waals surface area contributed by atoms with E-state index in [1.54, 1.807) is 11.8 Å². The number of nitrogens with one attached hydrogen (secondary N) is 1. The molecule has 122 valence electrons. The summed E-state index contributed by atoms with van der Waals surface area (Å²) in [5.41, 5.74) is 0. The fourth-order valence-corrected chi connectivity index (χ4v) is 3.20. The van der Waals surface area contributed by atoms with Crippen molar-refractivity contribution in [3.05, 3.63) is 0 Å². The summed E-state index contributed by atoms with van der Waals surface area (Å²) >= 11 is 0. The van der Waals surface area contributed by atoms with Gasteiger partial charge in [-0.15, -0.1) is 0 Å². The zero-order valence-electron chi connectivity index (χ0n) is 13.6. The molecule has 0 aliphatic heterocycles. The van der Waals surface area contributed by atoms with E-state index in [2.05, 4.69) is 12.2 Å². The number of rotatable bonds is 7. The van der Waals surface area contributed by atoms with Crippen LogP contribution >= 0.6 is 0 Å². The highest BCUT2D eigenvalue weighted by atomic mass is 16.4. The maximum Gasteiger partial charge on any atom is 0.317 e. The van der Waals surface area contributed by atoms with Gasteiger partial charge in [0.1, 0.15) is 0 Å². The molecule has 2 N–H and O–H groups in total. The second-order valence-corrected chi connectivity index (χ2v) is 6.21. The number of aliphatic carboxylic acids is 1. The molecule has 1 aliphatic carbocycles. The summed E-state index contributed by atoms with van der Waals surface area (Å²) < 4.78 is 0. The van der Waals surface area contributed by atoms with Gasteiger partial charge in [-0.25, -0.2) is 4.79 Å². The van der Waals surface area contributed by atoms with Crippen molar-refractivity contribution in [2.75, 3.05) is 13.1 Å². The minimum atomic E-state index is -0.869. The van der Waals surface area contributed by atoms with E-state index in [0.717, 1.165) is 5.92 Å². The van der Waals surface area contributed by atoms with Gasteiger partial charge in [0.15, 0.2) is 0 Å². The lowest BCUT2D eigenvalue weighted by molar-refractivity contribution is -0.138. The van der Waals surface area contributed by atoms with Crippen molar-refractivity contribution in [2.45, 2.75) is 65.3 Å². The molecule has 0 saturated heterocycles. The lowest BCUT2D eigenvalue weighted by atomic mass is 9.81. The molecule has 0 aromatic rings. The molecular weight excluding hydrogens is 268 g/mol. The van der Waals surface area contributed by atoms with Gasteiger partial charge in [0, 0.05) is 19.1 Å². The summed E-state index contributed by atoms with van der Waals surface area (Å²) in [4.78, 5) is 24.5. The molecule has 0 aromatic heterocycles. The number of hydrogen-bond acceptors (Lipinski definition) is 2. The van der Waals surface area contributed by atoms with E-state index in [1.807, 2.05) is 6.92 Å². The van der Waals surface area contributed by atoms with E-state index in [0.29, 0.717) is 19.0 Å². The number of carbonyl (C=O) groups excluding carboxylic acids is 1. The quantitative estimate of drug-likeness (QED) is 0.759. The molecule has 0 aromatic carbocycles. The Morgan fingerprint density at radius 3 is 2.24 bits per heavy atom. The van der Waals surface area contributed by atoms with E-state index in [4.69, 9.17) is 5.11 Å². The summed E-state index contributed by atoms with van der Waals surface area (Å²) in [7, 11) is 0. The third kappa shape index (κ3) is 5.94. The van der Waals surface area contributed by atoms with Crippen LogP contribution in [0.1, 0.15) is 59.3 Å². The standard InChI is InChI=1S/C16H30N2O3/c1-4-13-6-8-14(9-7-13)11-17-16(21)18(5-2)12(3)10-15(19)20/h12-14H,4-11H2,1-3H3,(H,17,21)(H,19,20). The van der Waals surface area contributed by atoms with Crippen LogP contribution in [0.15, 0.2) is 0 Å². The molecule has 5 nitrogen and oxygen atoms in total. The lowest BCUT2D eigenvalue weighted by Crippen LogP contribution is -2.47. The first kappa shape index (κ1) is 17.8. The molecule has 1 unspecified atom stereocenters. The second kappa shape index (κ2) is 8.90. The number of nitrogens with zero attached hydrogens (tertiary/aromatic N) is 1. The van der Waals surface area contributed by atoms with Crippen molar-refractivity contribution in [3.63, 3.8) is 0 Å². The predicted molar refractivity (Wildman–Crippen MR) is 83.2 cm³/mol. The van der Waals surface area contributed by atoms with Gasteiger partial charge in [0.2, 0.25) is 0 Å². The largest absolute Gasteiger partial charge is 0.481 e. The Kier molecular flexibility index (Phi) is 7.54. The first-order chi connectivity index (χ1) is 9.97. The summed E-state index contributed by atoms with van der Waals surface area (Å²) in [5, 5.41) is 11.8. The zero-order chi connectivity index (χ0) is 15.8. The Balaban J connectivity index is 2.36. The monoisotopic (exact) mass is 298 g/mol. The van der Waals surface area contributed by atoms with Crippen LogP contribution in [0.2, 0.25) is 0 Å². The topological polar surface area (TPSA) is 69.6 Å². The molecule has 0 bridgehead atoms. The summed E-state index contributed by atoms with van der Waals surface area (Å²) in [6.07, 6.45) is 6.16. The molecule has 21 heavy (non-hydrogen) atoms. The molecule has 2 amide bonds. The van der Waals surface area contributed by atoms with Crippen LogP contribution in [-0.2, 0) is 4.79 Å². The Labute approximate surface area is 128 Å². The molecule has 0 spiro atoms. The number of urea groups is 1. The van der Waals surface area contributed by atoms with Gasteiger partial charge < -0.3 is 15.3 Å². The molecule has 5 heteroatoms. The van der Waals surface area contributed by atoms with E-state index in [-0.39, 0.29) is 18.5 Å². The Morgan fingerprint density at radius 1 is 1.19 bits per heavy atom. The summed E-state index contributed by atoms with van der Waals surface area (Å²) in [6.45, 7) is 7.15. The number of amides is 2. The average Bonchev–Trinajstić information content (AvgIpc) is 2.45. The molecular formula is C16H30N2O3. The van der Waals surface area contributed by atoms with Crippen molar-refractivity contribution in [2.24, 2.45) is 11.8 Å². The van der Waals surface area contributed by atoms with Crippen LogP contribution in [0.25, 0.3) is 0 Å². The first-order valence-electron chi connectivity index (χ1n) is 8.24. The van der Waals surface area contributed by atoms with Gasteiger partial charge in [-0.3, -0.25) is 4.79 Å². The van der Waals surface area contributed by atoms with Crippen LogP contribution < -0.4 is 5.32 Å². The third-order valence-electron chi connectivity index (χ3n) is 4.69. The Morgan fingerprint density at radius 2 is 1.76 bits per heavy atom. The van der Waals surface area contributed by atoms with E-state index >= 15 is 0 Å². The van der Waals surface area contributed by atoms with Gasteiger partial charge in [-0.2, -0.15) is 0 Å². The van der Waals surface area contributed by atoms with Crippen LogP contribution in [0, 0.1) is 11.8 Å². The van der Waals surface area contributed by atoms with Crippen molar-refractivity contribution < 1.29 is 14.7 Å². The Bertz CT molecular complexity index is 338. The molecule has 0 heterocycles. The van der Waals surface area contributed by atoms with Crippen LogP contribution in [0.4, 0.5) is 4.79 Å². The molecule has 1 atom stereocenters. The SMILES string of the molecule is CCC1CCC(CNC(=O)N(CC)C(C)CC(=O)O)CC1. The highest BCUT2D eigenvalue weighted by Gasteiger charge is 2.23. The van der Waals surface area contributed by atoms with Gasteiger partial charge >= 0.3 is 12.0 Å². The minimum Gasteiger partial charge on any atom is -0.481 e. The molecule has 1 aliphatic rings. The van der Waals surface area contributed by atoms with Gasteiger partial charge in [0.25, 0.3) is 0 Å². The highest BCUT2D eigenvalue weighted by molar-refractivity contribution is 5.75. The maximum atomic E-state index is 12.2. The van der Waals surface area contributed by atoms with Gasteiger partial charge in [-0.1, -0.05) is 26.2 Å². The zero-order valence-corrected chi connectivity index (χ0v) is 13.6. The van der Waals surface area contributed by atoms with Crippen molar-refractivity contribution >= 4 is 12.0 Å². The molecule has 1 fully saturated rings. The maximum absolute atomic E-state index is 12.2. The smallest absolute Gasteiger partial charge is 0.317 e. The normalized spacial score (nSPS) is 23.4. The lowest BCUT2D eigenvalue weighted by Gasteiger charge is -2.30. The molecule has 1 saturated carbocycles. The number of carboxylic acid groups (broad SMARTS) is 1. The van der Waals surface area contributed by atoms with Crippen LogP contribution in [-0.4, -0.2) is 41.1 Å². The van der Waals surface area contributed by atoms with Gasteiger partial charge in [-0.05, 0) is 38.5 Å². The van der Waals surface area contributed by atoms with Crippen LogP contribution in [0.5, 0.6) is 0 Å². The number of carboxylic acids is 1. The molecule has 1 rings (SSSR count). The summed E-state index contributed by atoms with van der Waals surface area (Å²) in [6, 6.07) is -0.410. The van der Waals surface area contributed by atoms with E-state index in [1.165, 1.54) is 32.1 Å². The van der Waals surface area contributed by atoms with Crippen molar-refractivity contribution in [1.29, 1.82) is 0 Å². The fourth-order valence-electron chi connectivity index (χ4n) is 3.20.